The number of ether oxygens (including phenoxy) is 1. The molecular weight excluding hydrogens is 252 g/mol. The Labute approximate surface area is 101 Å². The first kappa shape index (κ1) is 12.6. The Morgan fingerprint density at radius 1 is 1.27 bits per heavy atom. The first-order valence-electron chi connectivity index (χ1n) is 5.44. The second kappa shape index (κ2) is 5.02. The van der Waals surface area contributed by atoms with E-state index in [9.17, 15) is 0 Å². The van der Waals surface area contributed by atoms with E-state index in [1.165, 1.54) is 5.56 Å². The van der Waals surface area contributed by atoms with Crippen LogP contribution in [0.1, 0.15) is 39.7 Å². The minimum absolute atomic E-state index is 0.172. The van der Waals surface area contributed by atoms with E-state index in [4.69, 9.17) is 4.74 Å². The van der Waals surface area contributed by atoms with Gasteiger partial charge in [-0.25, -0.2) is 0 Å². The largest absolute Gasteiger partial charge is 0.494 e. The van der Waals surface area contributed by atoms with Gasteiger partial charge in [0.2, 0.25) is 0 Å². The summed E-state index contributed by atoms with van der Waals surface area (Å²) in [6.45, 7) is 9.43. The van der Waals surface area contributed by atoms with Crippen LogP contribution in [-0.2, 0) is 5.41 Å². The van der Waals surface area contributed by atoms with Crippen LogP contribution in [0.25, 0.3) is 0 Å². The Morgan fingerprint density at radius 3 is 2.47 bits per heavy atom. The molecule has 0 aliphatic rings. The first-order valence-corrected chi connectivity index (χ1v) is 6.23. The van der Waals surface area contributed by atoms with Crippen molar-refractivity contribution in [1.29, 1.82) is 0 Å². The van der Waals surface area contributed by atoms with Gasteiger partial charge in [0, 0.05) is 4.47 Å². The Morgan fingerprint density at radius 2 is 1.93 bits per heavy atom. The molecule has 0 saturated heterocycles. The summed E-state index contributed by atoms with van der Waals surface area (Å²) in [4.78, 5) is 0. The molecule has 1 nitrogen and oxygen atoms in total. The quantitative estimate of drug-likeness (QED) is 0.781. The SMILES string of the molecule is CCOc1cc(Br)ccc1C(C)(C)CC. The molecular formula is C13H19BrO. The van der Waals surface area contributed by atoms with E-state index in [0.717, 1.165) is 16.6 Å². The van der Waals surface area contributed by atoms with E-state index in [0.29, 0.717) is 6.61 Å². The smallest absolute Gasteiger partial charge is 0.124 e. The van der Waals surface area contributed by atoms with E-state index < -0.39 is 0 Å². The van der Waals surface area contributed by atoms with Crippen LogP contribution in [0.15, 0.2) is 22.7 Å². The van der Waals surface area contributed by atoms with Gasteiger partial charge in [0.15, 0.2) is 0 Å². The normalized spacial score (nSPS) is 11.5. The standard InChI is InChI=1S/C13H19BrO/c1-5-13(3,4)11-8-7-10(14)9-12(11)15-6-2/h7-9H,5-6H2,1-4H3. The molecule has 15 heavy (non-hydrogen) atoms. The lowest BCUT2D eigenvalue weighted by molar-refractivity contribution is 0.326. The number of halogens is 1. The fraction of sp³-hybridized carbons (Fsp3) is 0.538. The Hall–Kier alpha value is -0.500. The summed E-state index contributed by atoms with van der Waals surface area (Å²) in [5.74, 6) is 0.999. The van der Waals surface area contributed by atoms with Crippen LogP contribution in [0.2, 0.25) is 0 Å². The summed E-state index contributed by atoms with van der Waals surface area (Å²) in [6, 6.07) is 6.28. The van der Waals surface area contributed by atoms with Crippen molar-refractivity contribution in [3.8, 4) is 5.75 Å². The first-order chi connectivity index (χ1) is 7.01. The molecule has 0 N–H and O–H groups in total. The van der Waals surface area contributed by atoms with Crippen molar-refractivity contribution in [3.05, 3.63) is 28.2 Å². The summed E-state index contributed by atoms with van der Waals surface area (Å²) in [7, 11) is 0. The highest BCUT2D eigenvalue weighted by Gasteiger charge is 2.22. The molecule has 0 radical (unpaired) electrons. The molecule has 2 heteroatoms. The molecule has 0 heterocycles. The average molecular weight is 271 g/mol. The third-order valence-electron chi connectivity index (χ3n) is 2.86. The van der Waals surface area contributed by atoms with E-state index in [1.54, 1.807) is 0 Å². The number of benzene rings is 1. The van der Waals surface area contributed by atoms with Gasteiger partial charge in [-0.15, -0.1) is 0 Å². The monoisotopic (exact) mass is 270 g/mol. The van der Waals surface area contributed by atoms with Crippen molar-refractivity contribution in [2.75, 3.05) is 6.61 Å². The van der Waals surface area contributed by atoms with Gasteiger partial charge in [0.05, 0.1) is 6.61 Å². The van der Waals surface area contributed by atoms with Crippen LogP contribution in [0.3, 0.4) is 0 Å². The molecule has 0 unspecified atom stereocenters. The molecule has 0 amide bonds. The summed E-state index contributed by atoms with van der Waals surface area (Å²) in [5, 5.41) is 0. The van der Waals surface area contributed by atoms with Gasteiger partial charge in [0.1, 0.15) is 5.75 Å². The van der Waals surface area contributed by atoms with Crippen molar-refractivity contribution in [2.45, 2.75) is 39.5 Å². The molecule has 0 aromatic heterocycles. The predicted molar refractivity (Wildman–Crippen MR) is 68.6 cm³/mol. The molecule has 84 valence electrons. The van der Waals surface area contributed by atoms with Crippen LogP contribution in [0.5, 0.6) is 5.75 Å². The molecule has 1 aromatic rings. The van der Waals surface area contributed by atoms with Gasteiger partial charge in [-0.1, -0.05) is 42.8 Å². The zero-order valence-electron chi connectivity index (χ0n) is 9.93. The maximum atomic E-state index is 5.68. The van der Waals surface area contributed by atoms with Crippen molar-refractivity contribution >= 4 is 15.9 Å². The summed E-state index contributed by atoms with van der Waals surface area (Å²) >= 11 is 3.47. The van der Waals surface area contributed by atoms with Crippen LogP contribution in [-0.4, -0.2) is 6.61 Å². The Bertz CT molecular complexity index is 331. The molecule has 0 spiro atoms. The lowest BCUT2D eigenvalue weighted by Crippen LogP contribution is -2.17. The number of rotatable bonds is 4. The highest BCUT2D eigenvalue weighted by atomic mass is 79.9. The minimum Gasteiger partial charge on any atom is -0.494 e. The molecule has 1 rings (SSSR count). The van der Waals surface area contributed by atoms with E-state index >= 15 is 0 Å². The van der Waals surface area contributed by atoms with Gasteiger partial charge in [0.25, 0.3) is 0 Å². The van der Waals surface area contributed by atoms with Crippen LogP contribution in [0.4, 0.5) is 0 Å². The third kappa shape index (κ3) is 2.97. The minimum atomic E-state index is 0.172. The van der Waals surface area contributed by atoms with E-state index in [2.05, 4.69) is 54.9 Å². The van der Waals surface area contributed by atoms with Crippen LogP contribution >= 0.6 is 15.9 Å². The van der Waals surface area contributed by atoms with Crippen molar-refractivity contribution in [3.63, 3.8) is 0 Å². The topological polar surface area (TPSA) is 9.23 Å². The van der Waals surface area contributed by atoms with Gasteiger partial charge in [-0.2, -0.15) is 0 Å². The van der Waals surface area contributed by atoms with Crippen molar-refractivity contribution < 1.29 is 4.74 Å². The number of hydrogen-bond donors (Lipinski definition) is 0. The zero-order valence-corrected chi connectivity index (χ0v) is 11.5. The maximum absolute atomic E-state index is 5.68. The second-order valence-electron chi connectivity index (χ2n) is 4.31. The molecule has 1 aromatic carbocycles. The molecule has 0 aliphatic carbocycles. The van der Waals surface area contributed by atoms with Crippen LogP contribution < -0.4 is 4.74 Å². The molecule has 0 atom stereocenters. The molecule has 0 bridgehead atoms. The van der Waals surface area contributed by atoms with Crippen molar-refractivity contribution in [1.82, 2.24) is 0 Å². The Kier molecular flexibility index (Phi) is 4.21. The van der Waals surface area contributed by atoms with Gasteiger partial charge in [-0.05, 0) is 36.5 Å². The van der Waals surface area contributed by atoms with Crippen molar-refractivity contribution in [2.24, 2.45) is 0 Å². The highest BCUT2D eigenvalue weighted by Crippen LogP contribution is 2.35. The predicted octanol–water partition coefficient (Wildman–Crippen LogP) is 4.54. The third-order valence-corrected chi connectivity index (χ3v) is 3.35. The number of hydrogen-bond acceptors (Lipinski definition) is 1. The molecule has 0 saturated carbocycles. The summed E-state index contributed by atoms with van der Waals surface area (Å²) < 4.78 is 6.75. The van der Waals surface area contributed by atoms with Gasteiger partial charge < -0.3 is 4.74 Å². The van der Waals surface area contributed by atoms with E-state index in [1.807, 2.05) is 6.92 Å². The van der Waals surface area contributed by atoms with Gasteiger partial charge >= 0.3 is 0 Å². The Balaban J connectivity index is 3.16. The van der Waals surface area contributed by atoms with Crippen LogP contribution in [0, 0.1) is 0 Å². The molecule has 0 fully saturated rings. The molecule has 0 aliphatic heterocycles. The summed E-state index contributed by atoms with van der Waals surface area (Å²) in [6.07, 6.45) is 1.11. The fourth-order valence-corrected chi connectivity index (χ4v) is 1.86. The highest BCUT2D eigenvalue weighted by molar-refractivity contribution is 9.10. The maximum Gasteiger partial charge on any atom is 0.124 e. The van der Waals surface area contributed by atoms with Gasteiger partial charge in [-0.3, -0.25) is 0 Å². The second-order valence-corrected chi connectivity index (χ2v) is 5.23. The summed E-state index contributed by atoms with van der Waals surface area (Å²) in [5.41, 5.74) is 1.46. The van der Waals surface area contributed by atoms with E-state index in [-0.39, 0.29) is 5.41 Å². The average Bonchev–Trinajstić information content (AvgIpc) is 2.18. The fourth-order valence-electron chi connectivity index (χ4n) is 1.52. The zero-order chi connectivity index (χ0) is 11.5. The lowest BCUT2D eigenvalue weighted by Gasteiger charge is -2.26. The lowest BCUT2D eigenvalue weighted by atomic mass is 9.82.